The fourth-order valence-electron chi connectivity index (χ4n) is 4.75. The van der Waals surface area contributed by atoms with Gasteiger partial charge in [-0.3, -0.25) is 14.5 Å². The Balaban J connectivity index is 1.76. The lowest BCUT2D eigenvalue weighted by Gasteiger charge is -2.14. The van der Waals surface area contributed by atoms with Crippen molar-refractivity contribution in [1.29, 1.82) is 0 Å². The molecule has 3 aromatic rings. The summed E-state index contributed by atoms with van der Waals surface area (Å²) in [6.07, 6.45) is 3.50. The summed E-state index contributed by atoms with van der Waals surface area (Å²) in [5.41, 5.74) is 2.21. The molecule has 1 aliphatic heterocycles. The van der Waals surface area contributed by atoms with Crippen molar-refractivity contribution in [2.75, 3.05) is 56.3 Å². The molecular weight excluding hydrogens is 542 g/mol. The first-order valence-corrected chi connectivity index (χ1v) is 12.9. The summed E-state index contributed by atoms with van der Waals surface area (Å²) in [5, 5.41) is 0. The summed E-state index contributed by atoms with van der Waals surface area (Å²) in [7, 11) is 10.7. The summed E-state index contributed by atoms with van der Waals surface area (Å²) in [6, 6.07) is 13.7. The van der Waals surface area contributed by atoms with Gasteiger partial charge in [-0.1, -0.05) is 24.3 Å². The molecule has 1 aliphatic rings. The van der Waals surface area contributed by atoms with Crippen LogP contribution in [0.1, 0.15) is 16.7 Å². The molecule has 10 heteroatoms. The van der Waals surface area contributed by atoms with Gasteiger partial charge in [-0.2, -0.15) is 0 Å². The molecular formula is C32H33NO9. The quantitative estimate of drug-likeness (QED) is 0.284. The molecule has 0 aromatic heterocycles. The highest BCUT2D eigenvalue weighted by molar-refractivity contribution is 6.49. The average molecular weight is 576 g/mol. The van der Waals surface area contributed by atoms with Crippen molar-refractivity contribution in [2.45, 2.75) is 0 Å². The fourth-order valence-corrected chi connectivity index (χ4v) is 4.75. The monoisotopic (exact) mass is 575 g/mol. The zero-order valence-corrected chi connectivity index (χ0v) is 24.6. The van der Waals surface area contributed by atoms with E-state index in [9.17, 15) is 9.59 Å². The number of carbonyl (C=O) groups excluding carboxylic acids is 2. The van der Waals surface area contributed by atoms with Crippen LogP contribution in [0.15, 0.2) is 54.6 Å². The number of methoxy groups -OCH3 is 7. The predicted octanol–water partition coefficient (Wildman–Crippen LogP) is 4.74. The Morgan fingerprint density at radius 2 is 0.976 bits per heavy atom. The molecule has 0 saturated carbocycles. The van der Waals surface area contributed by atoms with Crippen molar-refractivity contribution in [1.82, 2.24) is 4.90 Å². The normalized spacial score (nSPS) is 13.1. The van der Waals surface area contributed by atoms with Gasteiger partial charge in [0.1, 0.15) is 0 Å². The number of hydrogen-bond donors (Lipinski definition) is 0. The van der Waals surface area contributed by atoms with Gasteiger partial charge in [0.15, 0.2) is 34.5 Å². The summed E-state index contributed by atoms with van der Waals surface area (Å²) < 4.78 is 37.9. The Labute approximate surface area is 244 Å². The minimum Gasteiger partial charge on any atom is -0.493 e. The topological polar surface area (TPSA) is 102 Å². The van der Waals surface area contributed by atoms with E-state index >= 15 is 0 Å². The fraction of sp³-hybridized carbons (Fsp3) is 0.250. The van der Waals surface area contributed by atoms with E-state index in [1.54, 1.807) is 60.7 Å². The summed E-state index contributed by atoms with van der Waals surface area (Å²) in [4.78, 5) is 29.0. The molecule has 3 aromatic carbocycles. The first-order chi connectivity index (χ1) is 20.3. The third kappa shape index (κ3) is 5.56. The molecule has 1 heterocycles. The van der Waals surface area contributed by atoms with Crippen molar-refractivity contribution in [3.63, 3.8) is 0 Å². The SMILES string of the molecule is COc1ccc(C2=C(c3ccc(OC)c(OC)c3)C(=O)N(C/C=C/c3cc(OC)c(OC)c(OC)c3)C2=O)cc1OC. The van der Waals surface area contributed by atoms with Gasteiger partial charge >= 0.3 is 0 Å². The average Bonchev–Trinajstić information content (AvgIpc) is 3.28. The number of ether oxygens (including phenoxy) is 7. The molecule has 0 atom stereocenters. The van der Waals surface area contributed by atoms with E-state index in [-0.39, 0.29) is 17.7 Å². The van der Waals surface area contributed by atoms with E-state index in [0.29, 0.717) is 51.4 Å². The van der Waals surface area contributed by atoms with Crippen LogP contribution >= 0.6 is 0 Å². The lowest BCUT2D eigenvalue weighted by atomic mass is 9.95. The van der Waals surface area contributed by atoms with Crippen molar-refractivity contribution in [3.05, 3.63) is 71.3 Å². The van der Waals surface area contributed by atoms with Gasteiger partial charge < -0.3 is 33.2 Å². The number of imide groups is 1. The van der Waals surface area contributed by atoms with Gasteiger partial charge in [-0.05, 0) is 53.1 Å². The molecule has 0 fully saturated rings. The molecule has 220 valence electrons. The Bertz CT molecular complexity index is 1460. The van der Waals surface area contributed by atoms with Crippen LogP contribution in [0.4, 0.5) is 0 Å². The largest absolute Gasteiger partial charge is 0.493 e. The molecule has 0 bridgehead atoms. The molecule has 10 nitrogen and oxygen atoms in total. The smallest absolute Gasteiger partial charge is 0.262 e. The second kappa shape index (κ2) is 13.0. The molecule has 0 N–H and O–H groups in total. The minimum atomic E-state index is -0.452. The highest BCUT2D eigenvalue weighted by atomic mass is 16.5. The second-order valence-corrected chi connectivity index (χ2v) is 8.97. The number of hydrogen-bond acceptors (Lipinski definition) is 9. The zero-order chi connectivity index (χ0) is 30.4. The van der Waals surface area contributed by atoms with Crippen molar-refractivity contribution >= 4 is 29.0 Å². The van der Waals surface area contributed by atoms with Gasteiger partial charge in [-0.15, -0.1) is 0 Å². The van der Waals surface area contributed by atoms with Crippen molar-refractivity contribution in [3.8, 4) is 40.2 Å². The Morgan fingerprint density at radius 3 is 1.36 bits per heavy atom. The third-order valence-corrected chi connectivity index (χ3v) is 6.80. The van der Waals surface area contributed by atoms with Crippen LogP contribution in [-0.2, 0) is 9.59 Å². The molecule has 0 saturated heterocycles. The van der Waals surface area contributed by atoms with Crippen LogP contribution in [0.2, 0.25) is 0 Å². The van der Waals surface area contributed by atoms with Crippen molar-refractivity contribution < 1.29 is 42.7 Å². The van der Waals surface area contributed by atoms with Gasteiger partial charge in [0.25, 0.3) is 11.8 Å². The van der Waals surface area contributed by atoms with E-state index in [1.807, 2.05) is 0 Å². The lowest BCUT2D eigenvalue weighted by molar-refractivity contribution is -0.135. The number of rotatable bonds is 12. The summed E-state index contributed by atoms with van der Waals surface area (Å²) in [5.74, 6) is 2.37. The van der Waals surface area contributed by atoms with Gasteiger partial charge in [0, 0.05) is 6.54 Å². The Hall–Kier alpha value is -5.12. The standard InChI is InChI=1S/C32H33NO9/c1-36-22-12-10-20(17-24(22)38-3)28-29(21-11-13-23(37-2)25(18-21)39-4)32(35)33(31(28)34)14-8-9-19-15-26(40-5)30(42-7)27(16-19)41-6/h8-13,15-18H,14H2,1-7H3/b9-8+. The maximum absolute atomic E-state index is 13.9. The number of carbonyl (C=O) groups is 2. The van der Waals surface area contributed by atoms with E-state index in [0.717, 1.165) is 5.56 Å². The van der Waals surface area contributed by atoms with Gasteiger partial charge in [-0.25, -0.2) is 0 Å². The van der Waals surface area contributed by atoms with E-state index < -0.39 is 11.8 Å². The highest BCUT2D eigenvalue weighted by Crippen LogP contribution is 2.41. The Kier molecular flexibility index (Phi) is 9.26. The predicted molar refractivity (Wildman–Crippen MR) is 158 cm³/mol. The third-order valence-electron chi connectivity index (χ3n) is 6.80. The molecule has 2 amide bonds. The first-order valence-electron chi connectivity index (χ1n) is 12.9. The van der Waals surface area contributed by atoms with E-state index in [2.05, 4.69) is 0 Å². The van der Waals surface area contributed by atoms with Crippen molar-refractivity contribution in [2.24, 2.45) is 0 Å². The van der Waals surface area contributed by atoms with Crippen LogP contribution in [0.5, 0.6) is 40.2 Å². The highest BCUT2D eigenvalue weighted by Gasteiger charge is 2.39. The molecule has 0 radical (unpaired) electrons. The number of amides is 2. The van der Waals surface area contributed by atoms with Gasteiger partial charge in [0.05, 0.1) is 60.9 Å². The Morgan fingerprint density at radius 1 is 0.548 bits per heavy atom. The lowest BCUT2D eigenvalue weighted by Crippen LogP contribution is -2.31. The number of benzene rings is 3. The maximum atomic E-state index is 13.9. The van der Waals surface area contributed by atoms with E-state index in [4.69, 9.17) is 33.2 Å². The minimum absolute atomic E-state index is 0.0158. The van der Waals surface area contributed by atoms with Crippen LogP contribution in [0, 0.1) is 0 Å². The van der Waals surface area contributed by atoms with Crippen LogP contribution in [-0.4, -0.2) is 73.0 Å². The molecule has 0 spiro atoms. The second-order valence-electron chi connectivity index (χ2n) is 8.97. The zero-order valence-electron chi connectivity index (χ0n) is 24.6. The van der Waals surface area contributed by atoms with Crippen LogP contribution in [0.3, 0.4) is 0 Å². The van der Waals surface area contributed by atoms with Crippen LogP contribution < -0.4 is 33.2 Å². The molecule has 4 rings (SSSR count). The molecule has 42 heavy (non-hydrogen) atoms. The summed E-state index contributed by atoms with van der Waals surface area (Å²) >= 11 is 0. The summed E-state index contributed by atoms with van der Waals surface area (Å²) in [6.45, 7) is 0.0158. The molecule has 0 unspecified atom stereocenters. The van der Waals surface area contributed by atoms with Gasteiger partial charge in [0.2, 0.25) is 5.75 Å². The maximum Gasteiger partial charge on any atom is 0.262 e. The first kappa shape index (κ1) is 29.9. The van der Waals surface area contributed by atoms with Crippen LogP contribution in [0.25, 0.3) is 17.2 Å². The molecule has 0 aliphatic carbocycles. The van der Waals surface area contributed by atoms with E-state index in [1.165, 1.54) is 54.7 Å². The number of nitrogens with zero attached hydrogens (tertiary/aromatic N) is 1.